The molecule has 29 heavy (non-hydrogen) atoms. The molecule has 0 amide bonds. The fourth-order valence-electron chi connectivity index (χ4n) is 3.65. The number of alkyl halides is 3. The van der Waals surface area contributed by atoms with Crippen LogP contribution in [0.2, 0.25) is 0 Å². The van der Waals surface area contributed by atoms with Gasteiger partial charge in [-0.3, -0.25) is 4.90 Å². The minimum Gasteiger partial charge on any atom is -0.406 e. The minimum atomic E-state index is -4.68. The molecule has 1 atom stereocenters. The van der Waals surface area contributed by atoms with Gasteiger partial charge >= 0.3 is 6.36 Å². The average molecular weight is 448 g/mol. The number of nitrogens with one attached hydrogen (secondary N) is 2. The second-order valence-corrected chi connectivity index (χ2v) is 6.63. The standard InChI is InChI=1S/C20H20F3N3O.2ClH/c21-20(22,23)27-17-4-1-14(2-5-17)19(26-11-9-24-10-12-26)16-3-6-18-15(13-16)7-8-25-18;;/h1-8,13,19,24-25H,9-12H2;2*1H/t19-;;/m1../s1. The number of ether oxygens (including phenoxy) is 1. The molecule has 158 valence electrons. The summed E-state index contributed by atoms with van der Waals surface area (Å²) in [6.07, 6.45) is -2.78. The van der Waals surface area contributed by atoms with Crippen LogP contribution in [0.5, 0.6) is 5.75 Å². The predicted octanol–water partition coefficient (Wildman–Crippen LogP) is 4.90. The van der Waals surface area contributed by atoms with Gasteiger partial charge in [-0.05, 0) is 46.8 Å². The molecule has 9 heteroatoms. The first-order valence-corrected chi connectivity index (χ1v) is 8.87. The van der Waals surface area contributed by atoms with Gasteiger partial charge in [0.1, 0.15) is 5.75 Å². The van der Waals surface area contributed by atoms with Crippen LogP contribution in [0.15, 0.2) is 54.7 Å². The lowest BCUT2D eigenvalue weighted by Crippen LogP contribution is -2.45. The number of benzene rings is 2. The topological polar surface area (TPSA) is 40.3 Å². The first-order chi connectivity index (χ1) is 13.0. The molecule has 0 saturated carbocycles. The van der Waals surface area contributed by atoms with Crippen LogP contribution in [0.25, 0.3) is 10.9 Å². The van der Waals surface area contributed by atoms with Gasteiger partial charge in [-0.2, -0.15) is 0 Å². The average Bonchev–Trinajstić information content (AvgIpc) is 3.11. The largest absolute Gasteiger partial charge is 0.573 e. The van der Waals surface area contributed by atoms with Crippen molar-refractivity contribution in [2.45, 2.75) is 12.4 Å². The second kappa shape index (κ2) is 9.71. The molecule has 0 bridgehead atoms. The normalized spacial score (nSPS) is 16.0. The number of nitrogens with zero attached hydrogens (tertiary/aromatic N) is 1. The highest BCUT2D eigenvalue weighted by Crippen LogP contribution is 2.32. The highest BCUT2D eigenvalue weighted by molar-refractivity contribution is 5.85. The van der Waals surface area contributed by atoms with E-state index in [9.17, 15) is 13.2 Å². The van der Waals surface area contributed by atoms with Crippen molar-refractivity contribution in [3.63, 3.8) is 0 Å². The lowest BCUT2D eigenvalue weighted by Gasteiger charge is -2.35. The SMILES string of the molecule is Cl.Cl.FC(F)(F)Oc1ccc([C@H](c2ccc3[nH]ccc3c2)N2CCNCC2)cc1. The van der Waals surface area contributed by atoms with Gasteiger partial charge in [-0.25, -0.2) is 0 Å². The molecule has 1 aromatic heterocycles. The smallest absolute Gasteiger partial charge is 0.406 e. The van der Waals surface area contributed by atoms with Crippen molar-refractivity contribution in [2.24, 2.45) is 0 Å². The van der Waals surface area contributed by atoms with Gasteiger partial charge < -0.3 is 15.0 Å². The summed E-state index contributed by atoms with van der Waals surface area (Å²) >= 11 is 0. The number of hydrogen-bond donors (Lipinski definition) is 2. The third kappa shape index (κ3) is 5.57. The molecule has 2 aromatic carbocycles. The number of H-pyrrole nitrogens is 1. The molecule has 4 rings (SSSR count). The molecule has 1 saturated heterocycles. The maximum Gasteiger partial charge on any atom is 0.573 e. The molecule has 1 aliphatic heterocycles. The van der Waals surface area contributed by atoms with Gasteiger partial charge in [0, 0.05) is 37.9 Å². The number of aromatic nitrogens is 1. The van der Waals surface area contributed by atoms with Crippen LogP contribution in [0.3, 0.4) is 0 Å². The summed E-state index contributed by atoms with van der Waals surface area (Å²) in [4.78, 5) is 5.54. The Labute approximate surface area is 179 Å². The van der Waals surface area contributed by atoms with Crippen molar-refractivity contribution in [2.75, 3.05) is 26.2 Å². The Kier molecular flexibility index (Phi) is 7.82. The molecule has 2 heterocycles. The molecule has 2 N–H and O–H groups in total. The van der Waals surface area contributed by atoms with Crippen molar-refractivity contribution in [1.82, 2.24) is 15.2 Å². The Morgan fingerprint density at radius 2 is 1.55 bits per heavy atom. The first-order valence-electron chi connectivity index (χ1n) is 8.87. The van der Waals surface area contributed by atoms with Crippen molar-refractivity contribution in [3.05, 3.63) is 65.9 Å². The summed E-state index contributed by atoms with van der Waals surface area (Å²) in [6.45, 7) is 3.52. The quantitative estimate of drug-likeness (QED) is 0.597. The van der Waals surface area contributed by atoms with Crippen molar-refractivity contribution >= 4 is 35.7 Å². The summed E-state index contributed by atoms with van der Waals surface area (Å²) in [5, 5.41) is 4.46. The zero-order valence-electron chi connectivity index (χ0n) is 15.4. The highest BCUT2D eigenvalue weighted by atomic mass is 35.5. The van der Waals surface area contributed by atoms with Crippen LogP contribution in [0.1, 0.15) is 17.2 Å². The van der Waals surface area contributed by atoms with Gasteiger partial charge in [-0.15, -0.1) is 38.0 Å². The van der Waals surface area contributed by atoms with Crippen LogP contribution in [0, 0.1) is 0 Å². The second-order valence-electron chi connectivity index (χ2n) is 6.63. The Bertz CT molecular complexity index is 909. The summed E-state index contributed by atoms with van der Waals surface area (Å²) in [7, 11) is 0. The Hall–Kier alpha value is -1.93. The molecule has 4 nitrogen and oxygen atoms in total. The Morgan fingerprint density at radius 1 is 0.897 bits per heavy atom. The fourth-order valence-corrected chi connectivity index (χ4v) is 3.65. The third-order valence-electron chi connectivity index (χ3n) is 4.84. The van der Waals surface area contributed by atoms with Crippen molar-refractivity contribution in [3.8, 4) is 5.75 Å². The van der Waals surface area contributed by atoms with E-state index in [1.807, 2.05) is 18.3 Å². The van der Waals surface area contributed by atoms with Gasteiger partial charge in [0.05, 0.1) is 6.04 Å². The number of piperazine rings is 1. The summed E-state index contributed by atoms with van der Waals surface area (Å²) < 4.78 is 41.3. The molecule has 1 fully saturated rings. The van der Waals surface area contributed by atoms with E-state index in [-0.39, 0.29) is 36.6 Å². The van der Waals surface area contributed by atoms with E-state index in [1.54, 1.807) is 12.1 Å². The van der Waals surface area contributed by atoms with Crippen LogP contribution in [-0.4, -0.2) is 42.4 Å². The Morgan fingerprint density at radius 3 is 2.21 bits per heavy atom. The van der Waals surface area contributed by atoms with E-state index >= 15 is 0 Å². The van der Waals surface area contributed by atoms with E-state index in [4.69, 9.17) is 0 Å². The maximum atomic E-state index is 12.4. The predicted molar refractivity (Wildman–Crippen MR) is 112 cm³/mol. The van der Waals surface area contributed by atoms with E-state index in [0.29, 0.717) is 0 Å². The molecule has 1 aliphatic rings. The number of halogens is 5. The summed E-state index contributed by atoms with van der Waals surface area (Å²) in [5.41, 5.74) is 3.13. The molecule has 0 unspecified atom stereocenters. The first kappa shape index (κ1) is 23.3. The highest BCUT2D eigenvalue weighted by Gasteiger charge is 2.31. The molecule has 3 aromatic rings. The van der Waals surface area contributed by atoms with Crippen molar-refractivity contribution in [1.29, 1.82) is 0 Å². The molecule has 0 radical (unpaired) electrons. The van der Waals surface area contributed by atoms with Crippen LogP contribution < -0.4 is 10.1 Å². The van der Waals surface area contributed by atoms with Crippen LogP contribution >= 0.6 is 24.8 Å². The molecular formula is C20H22Cl2F3N3O. The van der Waals surface area contributed by atoms with Gasteiger partial charge in [0.25, 0.3) is 0 Å². The van der Waals surface area contributed by atoms with E-state index in [2.05, 4.69) is 32.1 Å². The Balaban J connectivity index is 0.00000150. The monoisotopic (exact) mass is 447 g/mol. The van der Waals surface area contributed by atoms with E-state index in [0.717, 1.165) is 48.2 Å². The van der Waals surface area contributed by atoms with Crippen LogP contribution in [0.4, 0.5) is 13.2 Å². The third-order valence-corrected chi connectivity index (χ3v) is 4.84. The van der Waals surface area contributed by atoms with Gasteiger partial charge in [0.2, 0.25) is 0 Å². The lowest BCUT2D eigenvalue weighted by atomic mass is 9.95. The number of aromatic amines is 1. The number of hydrogen-bond acceptors (Lipinski definition) is 3. The van der Waals surface area contributed by atoms with E-state index < -0.39 is 6.36 Å². The maximum absolute atomic E-state index is 12.4. The van der Waals surface area contributed by atoms with Crippen LogP contribution in [-0.2, 0) is 0 Å². The summed E-state index contributed by atoms with van der Waals surface area (Å²) in [6, 6.07) is 14.5. The molecule has 0 aliphatic carbocycles. The number of rotatable bonds is 4. The zero-order valence-corrected chi connectivity index (χ0v) is 17.0. The molecular weight excluding hydrogens is 426 g/mol. The minimum absolute atomic E-state index is 0. The van der Waals surface area contributed by atoms with E-state index in [1.165, 1.54) is 12.1 Å². The lowest BCUT2D eigenvalue weighted by molar-refractivity contribution is -0.274. The van der Waals surface area contributed by atoms with Gasteiger partial charge in [0.15, 0.2) is 0 Å². The van der Waals surface area contributed by atoms with Gasteiger partial charge in [-0.1, -0.05) is 18.2 Å². The number of fused-ring (bicyclic) bond motifs is 1. The zero-order chi connectivity index (χ0) is 18.9. The fraction of sp³-hybridized carbons (Fsp3) is 0.300. The molecule has 0 spiro atoms. The summed E-state index contributed by atoms with van der Waals surface area (Å²) in [5.74, 6) is -0.202. The van der Waals surface area contributed by atoms with Crippen molar-refractivity contribution < 1.29 is 17.9 Å².